The van der Waals surface area contributed by atoms with Crippen LogP contribution in [-0.2, 0) is 87.8 Å². The standard InChI is InChI=1S/C86H118ClN13O20S3/c1-48-23-21-31-69(117-10)86(115)43-68(118-84(114)98-86)49(2)73-85(6,120-73)74(82(112)100(8)66-40-55(37-48)41-67(116-9)71(66)87)119-83(113)50(3)99(7)70(104)32-36-121-35-22-34-89-60(38-53-24-13-11-14-25-53)76(106)95-64-46-122-123-47-65(80(110)94-63(45-101)51(4)102)96-81(111)72(52(5)103)97-75(105)59(30-19-20-33-88)91-78(108)62(42-56-44-90-58-29-18-17-28-57(56)58)93-77(107)61(92-79(64)109)39-54-26-15-12-16-27-54/h11-18,21,23-29,31,40-41,44,49-52,59-65,68-69,72-74,83,89-90,101-103,113,115H,19-20,22,30,32-39,42-43,45-47,88H2,1-10H3,(H,91,108)(H,92,109)(H,93,107)(H,94,110)(H,95,106)(H,96,111)(H,97,105)(H,98,114)/b31-21+,48-23+/t49-,50+,51-,52-,59+,60-,61+,62-,63-,64+,65+,68+,69-,72+,73+,74+,83?,85-,86+/m1/s1. The van der Waals surface area contributed by atoms with Crippen LogP contribution in [0.4, 0.5) is 10.5 Å². The number of nitrogens with two attached hydrogens (primary N) is 1. The zero-order valence-electron chi connectivity index (χ0n) is 70.8. The first-order valence-electron chi connectivity index (χ1n) is 41.2. The van der Waals surface area contributed by atoms with Gasteiger partial charge in [-0.2, -0.15) is 11.8 Å². The Morgan fingerprint density at radius 1 is 0.821 bits per heavy atom. The molecule has 3 saturated heterocycles. The number of nitrogens with one attached hydrogen (secondary N) is 10. The fourth-order valence-corrected chi connectivity index (χ4v) is 18.4. The number of carbonyl (C=O) groups excluding carboxylic acids is 10. The van der Waals surface area contributed by atoms with Crippen molar-refractivity contribution in [3.05, 3.63) is 154 Å². The minimum atomic E-state index is -1.93. The Morgan fingerprint density at radius 3 is 2.15 bits per heavy atom. The maximum Gasteiger partial charge on any atom is 0.409 e. The molecule has 0 radical (unpaired) electrons. The number of halogens is 1. The molecule has 5 heterocycles. The topological polar surface area (TPSA) is 478 Å². The van der Waals surface area contributed by atoms with Crippen molar-refractivity contribution in [1.82, 2.24) is 57.7 Å². The maximum absolute atomic E-state index is 15.3. The first-order chi connectivity index (χ1) is 58.7. The zero-order chi connectivity index (χ0) is 89.4. The van der Waals surface area contributed by atoms with Crippen LogP contribution in [-0.4, -0.2) is 274 Å². The quantitative estimate of drug-likeness (QED) is 0.0131. The van der Waals surface area contributed by atoms with E-state index in [2.05, 4.69) is 52.8 Å². The van der Waals surface area contributed by atoms with Gasteiger partial charge in [0.05, 0.1) is 55.8 Å². The van der Waals surface area contributed by atoms with Gasteiger partial charge in [-0.1, -0.05) is 143 Å². The van der Waals surface area contributed by atoms with Crippen molar-refractivity contribution in [2.24, 2.45) is 11.7 Å². The SMILES string of the molecule is COc1cc2cc(c1Cl)N(C)C(=O)[C@H](OC(O)[C@H](C)N(C)C(=O)CCSCCCN[C@H](Cc1ccccc1)C(=O)N[C@H]1CSSC[C@@H](C(=O)N[C@H](CO)[C@@H](C)O)NC(=O)[C@H]([C@@H](C)O)NC(=O)[C@H](CCCCN)NC(=O)[C@@H](Cc3c[nH]c4ccccc34)NC(=O)[C@H](Cc3ccccc3)NC1=O)[C@]1(C)O[C@H]1[C@H](C)[C@@H]1C[C@@](O)(NC(=O)O1)[C@H](OC)/C=C/C=C(\C)C2. The van der Waals surface area contributed by atoms with E-state index >= 15 is 24.0 Å². The van der Waals surface area contributed by atoms with E-state index in [1.165, 1.54) is 63.7 Å². The molecule has 4 aliphatic rings. The summed E-state index contributed by atoms with van der Waals surface area (Å²) >= 11 is 8.43. The van der Waals surface area contributed by atoms with Gasteiger partial charge in [-0.25, -0.2) is 4.79 Å². The van der Waals surface area contributed by atoms with E-state index in [9.17, 15) is 49.5 Å². The summed E-state index contributed by atoms with van der Waals surface area (Å²) in [6, 6.07) is 16.5. The van der Waals surface area contributed by atoms with Crippen molar-refractivity contribution in [1.29, 1.82) is 0 Å². The molecular weight excluding hydrogens is 1670 g/mol. The lowest BCUT2D eigenvalue weighted by atomic mass is 9.84. The van der Waals surface area contributed by atoms with Gasteiger partial charge in [0.1, 0.15) is 64.8 Å². The fourth-order valence-electron chi connectivity index (χ4n) is 14.9. The number of methoxy groups -OCH3 is 2. The molecule has 19 atom stereocenters. The Hall–Kier alpha value is -8.86. The van der Waals surface area contributed by atoms with E-state index in [-0.39, 0.29) is 85.5 Å². The maximum atomic E-state index is 15.3. The first kappa shape index (κ1) is 97.9. The number of H-pyrrole nitrogens is 1. The number of hydrogen-bond donors (Lipinski definition) is 16. The van der Waals surface area contributed by atoms with Gasteiger partial charge in [-0.15, -0.1) is 0 Å². The molecule has 33 nitrogen and oxygen atoms in total. The number of anilines is 1. The van der Waals surface area contributed by atoms with Crippen LogP contribution in [0.25, 0.3) is 10.9 Å². The number of rotatable bonds is 31. The Labute approximate surface area is 733 Å². The number of alkyl carbamates (subject to hydrolysis) is 1. The van der Waals surface area contributed by atoms with Crippen molar-refractivity contribution < 1.29 is 97.2 Å². The van der Waals surface area contributed by atoms with E-state index in [4.69, 9.17) is 41.0 Å². The first-order valence-corrected chi connectivity index (χ1v) is 45.2. The highest BCUT2D eigenvalue weighted by Gasteiger charge is 2.66. The van der Waals surface area contributed by atoms with E-state index in [1.807, 2.05) is 67.6 Å². The van der Waals surface area contributed by atoms with Gasteiger partial charge in [-0.3, -0.25) is 48.5 Å². The molecule has 9 rings (SSSR count). The second-order valence-corrected chi connectivity index (χ2v) is 35.9. The number of aromatic nitrogens is 1. The number of ether oxygens (including phenoxy) is 5. The van der Waals surface area contributed by atoms with Gasteiger partial charge in [0.2, 0.25) is 47.3 Å². The van der Waals surface area contributed by atoms with Crippen LogP contribution in [0.5, 0.6) is 5.75 Å². The number of para-hydroxylation sites is 1. The number of aromatic amines is 1. The number of allylic oxidation sites excluding steroid dienone is 3. The van der Waals surface area contributed by atoms with Gasteiger partial charge >= 0.3 is 6.09 Å². The van der Waals surface area contributed by atoms with E-state index in [1.54, 1.807) is 81.6 Å². The molecule has 37 heteroatoms. The van der Waals surface area contributed by atoms with E-state index in [0.29, 0.717) is 48.3 Å². The van der Waals surface area contributed by atoms with Crippen LogP contribution in [0.15, 0.2) is 127 Å². The van der Waals surface area contributed by atoms with Crippen molar-refractivity contribution in [2.45, 2.75) is 214 Å². The largest absolute Gasteiger partial charge is 0.495 e. The highest BCUT2D eigenvalue weighted by Crippen LogP contribution is 2.50. The number of carbonyl (C=O) groups is 10. The Bertz CT molecular complexity index is 4500. The lowest BCUT2D eigenvalue weighted by Gasteiger charge is -2.42. The van der Waals surface area contributed by atoms with Gasteiger partial charge in [0.15, 0.2) is 18.1 Å². The molecule has 10 amide bonds. The number of likely N-dealkylation sites (N-methyl/N-ethyl adjacent to an activating group) is 2. The van der Waals surface area contributed by atoms with Crippen LogP contribution in [0, 0.1) is 5.92 Å². The number of benzene rings is 4. The zero-order valence-corrected chi connectivity index (χ0v) is 74.0. The molecule has 4 aromatic carbocycles. The molecule has 672 valence electrons. The molecule has 1 unspecified atom stereocenters. The summed E-state index contributed by atoms with van der Waals surface area (Å²) in [4.78, 5) is 152. The summed E-state index contributed by atoms with van der Waals surface area (Å²) < 4.78 is 30.0. The Morgan fingerprint density at radius 2 is 1.48 bits per heavy atom. The minimum Gasteiger partial charge on any atom is -0.495 e. The highest BCUT2D eigenvalue weighted by molar-refractivity contribution is 8.76. The number of hydrogen-bond acceptors (Lipinski definition) is 25. The molecule has 1 aromatic heterocycles. The third-order valence-electron chi connectivity index (χ3n) is 22.5. The Kier molecular flexibility index (Phi) is 36.9. The van der Waals surface area contributed by atoms with Gasteiger partial charge in [0.25, 0.3) is 5.91 Å². The number of aliphatic hydroxyl groups is 5. The number of thioether (sulfide) groups is 1. The smallest absolute Gasteiger partial charge is 0.409 e. The fraction of sp³-hybridized carbons (Fsp3) is 0.535. The monoisotopic (exact) mass is 1780 g/mol. The normalized spacial score (nSPS) is 26.9. The summed E-state index contributed by atoms with van der Waals surface area (Å²) in [5, 5.41) is 81.8. The number of nitrogens with zero attached hydrogens (tertiary/aromatic N) is 2. The van der Waals surface area contributed by atoms with Crippen LogP contribution in [0.1, 0.15) is 102 Å². The minimum absolute atomic E-state index is 0.00621. The summed E-state index contributed by atoms with van der Waals surface area (Å²) in [6.45, 7) is 9.19. The van der Waals surface area contributed by atoms with E-state index < -0.39 is 174 Å². The molecule has 17 N–H and O–H groups in total. The van der Waals surface area contributed by atoms with Crippen LogP contribution in [0.3, 0.4) is 0 Å². The van der Waals surface area contributed by atoms with Crippen LogP contribution >= 0.6 is 45.0 Å². The molecule has 4 aliphatic heterocycles. The molecule has 0 spiro atoms. The van der Waals surface area contributed by atoms with Gasteiger partial charge in [0, 0.05) is 87.2 Å². The summed E-state index contributed by atoms with van der Waals surface area (Å²) in [6.07, 6.45) is -1.85. The second-order valence-electron chi connectivity index (χ2n) is 31.8. The second kappa shape index (κ2) is 46.4. The third kappa shape index (κ3) is 26.9. The molecule has 3 fully saturated rings. The third-order valence-corrected chi connectivity index (χ3v) is 26.3. The molecular formula is C86H118ClN13O20S3. The van der Waals surface area contributed by atoms with E-state index in [0.717, 1.165) is 49.2 Å². The average molecular weight is 1790 g/mol. The summed E-state index contributed by atoms with van der Waals surface area (Å²) in [5.74, 6) is -7.03. The molecule has 123 heavy (non-hydrogen) atoms. The van der Waals surface area contributed by atoms with Crippen LogP contribution in [0.2, 0.25) is 5.02 Å². The number of epoxide rings is 1. The number of aliphatic hydroxyl groups excluding tert-OH is 4. The van der Waals surface area contributed by atoms with Crippen molar-refractivity contribution in [3.63, 3.8) is 0 Å². The summed E-state index contributed by atoms with van der Waals surface area (Å²) in [5.41, 5.74) is 6.99. The van der Waals surface area contributed by atoms with Gasteiger partial charge in [-0.05, 0) is 132 Å². The average Bonchev–Trinajstić information content (AvgIpc) is 1.56. The molecule has 4 bridgehead atoms. The van der Waals surface area contributed by atoms with Crippen LogP contribution < -0.4 is 63.2 Å². The van der Waals surface area contributed by atoms with Gasteiger partial charge < -0.3 is 112 Å². The Balaban J connectivity index is 0.915. The van der Waals surface area contributed by atoms with Crippen molar-refractivity contribution in [3.8, 4) is 5.75 Å². The highest BCUT2D eigenvalue weighted by atomic mass is 35.5. The number of unbranched alkanes of at least 4 members (excludes halogenated alkanes) is 1. The summed E-state index contributed by atoms with van der Waals surface area (Å²) in [7, 11) is 7.86. The lowest BCUT2D eigenvalue weighted by molar-refractivity contribution is -0.188. The number of amides is 10. The van der Waals surface area contributed by atoms with Crippen molar-refractivity contribution >= 4 is 121 Å². The predicted octanol–water partition coefficient (Wildman–Crippen LogP) is 3.27. The molecule has 0 aliphatic carbocycles. The lowest BCUT2D eigenvalue weighted by Crippen LogP contribution is -2.63. The van der Waals surface area contributed by atoms with Crippen molar-refractivity contribution in [2.75, 3.05) is 75.9 Å². The molecule has 0 saturated carbocycles. The molecule has 5 aromatic rings. The predicted molar refractivity (Wildman–Crippen MR) is 470 cm³/mol. The number of fused-ring (bicyclic) bond motifs is 6.